The molecule has 0 fully saturated rings. The molecule has 1 aromatic carbocycles. The number of esters is 1. The first-order valence-electron chi connectivity index (χ1n) is 5.21. The van der Waals surface area contributed by atoms with E-state index in [1.807, 2.05) is 6.07 Å². The van der Waals surface area contributed by atoms with Crippen LogP contribution in [-0.4, -0.2) is 26.0 Å². The van der Waals surface area contributed by atoms with Gasteiger partial charge in [0.15, 0.2) is 12.9 Å². The summed E-state index contributed by atoms with van der Waals surface area (Å²) in [7, 11) is 1.51. The fourth-order valence-electron chi connectivity index (χ4n) is 1.12. The van der Waals surface area contributed by atoms with Gasteiger partial charge in [0.1, 0.15) is 5.76 Å². The molecule has 1 atom stereocenters. The van der Waals surface area contributed by atoms with Gasteiger partial charge in [-0.05, 0) is 19.1 Å². The Bertz CT molecular complexity index is 372. The van der Waals surface area contributed by atoms with Gasteiger partial charge in [-0.25, -0.2) is 4.79 Å². The van der Waals surface area contributed by atoms with Crippen molar-refractivity contribution >= 4 is 5.97 Å². The molecule has 17 heavy (non-hydrogen) atoms. The van der Waals surface area contributed by atoms with E-state index in [0.717, 1.165) is 0 Å². The number of methoxy groups -OCH3 is 1. The molecule has 1 aromatic rings. The molecule has 0 aliphatic rings. The number of hydrogen-bond acceptors (Lipinski definition) is 4. The molecular formula is C13H16O4. The number of hydrogen-bond donors (Lipinski definition) is 0. The summed E-state index contributed by atoms with van der Waals surface area (Å²) in [5, 5.41) is 0. The molecule has 0 N–H and O–H groups in total. The molecule has 0 amide bonds. The second-order valence-corrected chi connectivity index (χ2v) is 3.43. The first-order valence-corrected chi connectivity index (χ1v) is 5.21. The lowest BCUT2D eigenvalue weighted by Crippen LogP contribution is -2.18. The van der Waals surface area contributed by atoms with Crippen molar-refractivity contribution in [2.45, 2.75) is 13.0 Å². The van der Waals surface area contributed by atoms with E-state index >= 15 is 0 Å². The van der Waals surface area contributed by atoms with E-state index in [-0.39, 0.29) is 6.79 Å². The largest absolute Gasteiger partial charge is 0.469 e. The Balaban J connectivity index is 2.49. The Morgan fingerprint density at radius 2 is 2.00 bits per heavy atom. The minimum atomic E-state index is -0.516. The molecular weight excluding hydrogens is 220 g/mol. The van der Waals surface area contributed by atoms with Crippen LogP contribution in [0.5, 0.6) is 0 Å². The molecule has 0 spiro atoms. The zero-order chi connectivity index (χ0) is 12.7. The van der Waals surface area contributed by atoms with E-state index in [1.165, 1.54) is 7.11 Å². The average molecular weight is 236 g/mol. The zero-order valence-electron chi connectivity index (χ0n) is 10.0. The molecule has 0 aliphatic carbocycles. The van der Waals surface area contributed by atoms with Crippen molar-refractivity contribution in [3.8, 4) is 0 Å². The standard InChI is InChI=1S/C13H16O4/c1-10(16-9-15-3)11(2)17-13(14)12-7-5-4-6-8-12/h4-8,11H,1,9H2,2-3H3. The molecule has 4 nitrogen and oxygen atoms in total. The van der Waals surface area contributed by atoms with Gasteiger partial charge in [-0.2, -0.15) is 0 Å². The summed E-state index contributed by atoms with van der Waals surface area (Å²) in [4.78, 5) is 11.7. The van der Waals surface area contributed by atoms with Crippen LogP contribution in [-0.2, 0) is 14.2 Å². The summed E-state index contributed by atoms with van der Waals surface area (Å²) in [5.74, 6) is -0.0450. The van der Waals surface area contributed by atoms with Gasteiger partial charge in [0, 0.05) is 7.11 Å². The highest BCUT2D eigenvalue weighted by Crippen LogP contribution is 2.09. The molecule has 0 saturated carbocycles. The van der Waals surface area contributed by atoms with Crippen LogP contribution in [0, 0.1) is 0 Å². The van der Waals surface area contributed by atoms with Crippen LogP contribution in [0.15, 0.2) is 42.7 Å². The van der Waals surface area contributed by atoms with Crippen molar-refractivity contribution in [1.82, 2.24) is 0 Å². The Hall–Kier alpha value is -1.81. The monoisotopic (exact) mass is 236 g/mol. The number of carbonyl (C=O) groups excluding carboxylic acids is 1. The summed E-state index contributed by atoms with van der Waals surface area (Å²) < 4.78 is 15.0. The van der Waals surface area contributed by atoms with E-state index in [2.05, 4.69) is 6.58 Å². The minimum absolute atomic E-state index is 0.0893. The molecule has 0 radical (unpaired) electrons. The summed E-state index contributed by atoms with van der Waals surface area (Å²) in [6.45, 7) is 5.44. The Kier molecular flexibility index (Phi) is 5.23. The van der Waals surface area contributed by atoms with Gasteiger partial charge < -0.3 is 14.2 Å². The van der Waals surface area contributed by atoms with Gasteiger partial charge in [-0.15, -0.1) is 0 Å². The highest BCUT2D eigenvalue weighted by molar-refractivity contribution is 5.89. The Morgan fingerprint density at radius 1 is 1.35 bits per heavy atom. The smallest absolute Gasteiger partial charge is 0.338 e. The fraction of sp³-hybridized carbons (Fsp3) is 0.308. The number of carbonyl (C=O) groups is 1. The summed E-state index contributed by atoms with van der Waals surface area (Å²) in [6.07, 6.45) is -0.516. The predicted molar refractivity (Wildman–Crippen MR) is 63.4 cm³/mol. The first-order chi connectivity index (χ1) is 8.15. The number of ether oxygens (including phenoxy) is 3. The maximum atomic E-state index is 11.7. The van der Waals surface area contributed by atoms with Crippen LogP contribution in [0.25, 0.3) is 0 Å². The zero-order valence-corrected chi connectivity index (χ0v) is 10.0. The predicted octanol–water partition coefficient (Wildman–Crippen LogP) is 2.37. The topological polar surface area (TPSA) is 44.8 Å². The van der Waals surface area contributed by atoms with Crippen molar-refractivity contribution in [3.63, 3.8) is 0 Å². The van der Waals surface area contributed by atoms with Crippen LogP contribution < -0.4 is 0 Å². The van der Waals surface area contributed by atoms with E-state index in [1.54, 1.807) is 31.2 Å². The molecule has 92 valence electrons. The quantitative estimate of drug-likeness (QED) is 0.432. The molecule has 0 aromatic heterocycles. The van der Waals surface area contributed by atoms with Crippen LogP contribution in [0.3, 0.4) is 0 Å². The van der Waals surface area contributed by atoms with Crippen molar-refractivity contribution < 1.29 is 19.0 Å². The lowest BCUT2D eigenvalue weighted by atomic mass is 10.2. The third-order valence-corrected chi connectivity index (χ3v) is 2.11. The fourth-order valence-corrected chi connectivity index (χ4v) is 1.12. The maximum absolute atomic E-state index is 11.7. The van der Waals surface area contributed by atoms with Gasteiger partial charge in [0.05, 0.1) is 5.56 Å². The minimum Gasteiger partial charge on any atom is -0.469 e. The summed E-state index contributed by atoms with van der Waals surface area (Å²) in [6, 6.07) is 8.76. The number of rotatable bonds is 6. The van der Waals surface area contributed by atoms with Crippen LogP contribution in [0.4, 0.5) is 0 Å². The molecule has 4 heteroatoms. The SMILES string of the molecule is C=C(OCOC)C(C)OC(=O)c1ccccc1. The number of benzene rings is 1. The van der Waals surface area contributed by atoms with Crippen molar-refractivity contribution in [2.24, 2.45) is 0 Å². The Morgan fingerprint density at radius 3 is 2.59 bits per heavy atom. The van der Waals surface area contributed by atoms with E-state index in [4.69, 9.17) is 14.2 Å². The van der Waals surface area contributed by atoms with Crippen LogP contribution in [0.1, 0.15) is 17.3 Å². The first kappa shape index (κ1) is 13.3. The van der Waals surface area contributed by atoms with Gasteiger partial charge >= 0.3 is 5.97 Å². The Labute approximate surface area is 101 Å². The lowest BCUT2D eigenvalue weighted by Gasteiger charge is -2.16. The van der Waals surface area contributed by atoms with Crippen molar-refractivity contribution in [3.05, 3.63) is 48.2 Å². The summed E-state index contributed by atoms with van der Waals surface area (Å²) in [5.41, 5.74) is 0.499. The normalized spacial score (nSPS) is 11.6. The van der Waals surface area contributed by atoms with Gasteiger partial charge in [0.25, 0.3) is 0 Å². The third-order valence-electron chi connectivity index (χ3n) is 2.11. The lowest BCUT2D eigenvalue weighted by molar-refractivity contribution is -0.0240. The van der Waals surface area contributed by atoms with Crippen molar-refractivity contribution in [2.75, 3.05) is 13.9 Å². The summed E-state index contributed by atoms with van der Waals surface area (Å²) >= 11 is 0. The third kappa shape index (κ3) is 4.28. The molecule has 0 aliphatic heterocycles. The highest BCUT2D eigenvalue weighted by atomic mass is 16.7. The molecule has 1 unspecified atom stereocenters. The second kappa shape index (κ2) is 6.70. The van der Waals surface area contributed by atoms with Crippen LogP contribution >= 0.6 is 0 Å². The van der Waals surface area contributed by atoms with Gasteiger partial charge in [0.2, 0.25) is 0 Å². The highest BCUT2D eigenvalue weighted by Gasteiger charge is 2.15. The van der Waals surface area contributed by atoms with E-state index in [0.29, 0.717) is 11.3 Å². The molecule has 0 bridgehead atoms. The molecule has 0 heterocycles. The average Bonchev–Trinajstić information content (AvgIpc) is 2.36. The van der Waals surface area contributed by atoms with Crippen LogP contribution in [0.2, 0.25) is 0 Å². The maximum Gasteiger partial charge on any atom is 0.338 e. The van der Waals surface area contributed by atoms with E-state index < -0.39 is 12.1 Å². The second-order valence-electron chi connectivity index (χ2n) is 3.43. The van der Waals surface area contributed by atoms with E-state index in [9.17, 15) is 4.79 Å². The molecule has 0 saturated heterocycles. The van der Waals surface area contributed by atoms with Crippen molar-refractivity contribution in [1.29, 1.82) is 0 Å². The molecule has 1 rings (SSSR count). The van der Waals surface area contributed by atoms with Gasteiger partial charge in [-0.1, -0.05) is 24.8 Å². The van der Waals surface area contributed by atoms with Gasteiger partial charge in [-0.3, -0.25) is 0 Å².